The SMILES string of the molecule is Cc1ccccc1CC(=O)NCCCN1CC(C)CC(C)C1. The topological polar surface area (TPSA) is 32.3 Å². The van der Waals surface area contributed by atoms with Crippen molar-refractivity contribution < 1.29 is 4.79 Å². The van der Waals surface area contributed by atoms with Gasteiger partial charge in [0.25, 0.3) is 0 Å². The number of carbonyl (C=O) groups excluding carboxylic acids is 1. The Bertz CT molecular complexity index is 476. The van der Waals surface area contributed by atoms with Gasteiger partial charge in [0.05, 0.1) is 6.42 Å². The molecule has 122 valence electrons. The summed E-state index contributed by atoms with van der Waals surface area (Å²) in [7, 11) is 0. The van der Waals surface area contributed by atoms with Crippen molar-refractivity contribution in [1.29, 1.82) is 0 Å². The van der Waals surface area contributed by atoms with Crippen LogP contribution in [0, 0.1) is 18.8 Å². The van der Waals surface area contributed by atoms with E-state index in [4.69, 9.17) is 0 Å². The van der Waals surface area contributed by atoms with E-state index >= 15 is 0 Å². The molecule has 0 aliphatic carbocycles. The number of nitrogens with zero attached hydrogens (tertiary/aromatic N) is 1. The second-order valence-corrected chi connectivity index (χ2v) is 7.01. The molecule has 3 heteroatoms. The van der Waals surface area contributed by atoms with Crippen LogP contribution < -0.4 is 5.32 Å². The summed E-state index contributed by atoms with van der Waals surface area (Å²) in [5.74, 6) is 1.74. The molecule has 1 amide bonds. The Kier molecular flexibility index (Phi) is 6.44. The van der Waals surface area contributed by atoms with Crippen LogP contribution in [0.15, 0.2) is 24.3 Å². The summed E-state index contributed by atoms with van der Waals surface area (Å²) in [6.07, 6.45) is 2.88. The van der Waals surface area contributed by atoms with E-state index in [0.717, 1.165) is 36.9 Å². The molecule has 2 atom stereocenters. The van der Waals surface area contributed by atoms with E-state index < -0.39 is 0 Å². The number of piperidine rings is 1. The molecule has 1 fully saturated rings. The van der Waals surface area contributed by atoms with E-state index in [9.17, 15) is 4.79 Å². The molecule has 1 N–H and O–H groups in total. The summed E-state index contributed by atoms with van der Waals surface area (Å²) in [4.78, 5) is 14.5. The van der Waals surface area contributed by atoms with Gasteiger partial charge < -0.3 is 10.2 Å². The lowest BCUT2D eigenvalue weighted by Crippen LogP contribution is -2.40. The molecule has 22 heavy (non-hydrogen) atoms. The highest BCUT2D eigenvalue weighted by molar-refractivity contribution is 5.78. The molecule has 1 aromatic carbocycles. The van der Waals surface area contributed by atoms with Gasteiger partial charge >= 0.3 is 0 Å². The Morgan fingerprint density at radius 1 is 1.23 bits per heavy atom. The van der Waals surface area contributed by atoms with Gasteiger partial charge in [-0.3, -0.25) is 4.79 Å². The van der Waals surface area contributed by atoms with E-state index in [1.54, 1.807) is 0 Å². The van der Waals surface area contributed by atoms with E-state index in [2.05, 4.69) is 37.1 Å². The number of carbonyl (C=O) groups is 1. The van der Waals surface area contributed by atoms with E-state index in [1.165, 1.54) is 25.1 Å². The van der Waals surface area contributed by atoms with Crippen molar-refractivity contribution in [3.05, 3.63) is 35.4 Å². The number of hydrogen-bond donors (Lipinski definition) is 1. The number of likely N-dealkylation sites (tertiary alicyclic amines) is 1. The number of nitrogens with one attached hydrogen (secondary N) is 1. The van der Waals surface area contributed by atoms with Crippen LogP contribution >= 0.6 is 0 Å². The van der Waals surface area contributed by atoms with Crippen molar-refractivity contribution in [2.45, 2.75) is 40.0 Å². The molecule has 0 spiro atoms. The van der Waals surface area contributed by atoms with Crippen LogP contribution in [0.3, 0.4) is 0 Å². The lowest BCUT2D eigenvalue weighted by atomic mass is 9.92. The van der Waals surface area contributed by atoms with Crippen molar-refractivity contribution in [3.8, 4) is 0 Å². The van der Waals surface area contributed by atoms with E-state index in [-0.39, 0.29) is 5.91 Å². The van der Waals surface area contributed by atoms with Gasteiger partial charge in [-0.05, 0) is 49.3 Å². The minimum Gasteiger partial charge on any atom is -0.356 e. The third-order valence-electron chi connectivity index (χ3n) is 4.53. The Balaban J connectivity index is 1.64. The van der Waals surface area contributed by atoms with Crippen molar-refractivity contribution in [1.82, 2.24) is 10.2 Å². The third-order valence-corrected chi connectivity index (χ3v) is 4.53. The molecule has 0 bridgehead atoms. The zero-order chi connectivity index (χ0) is 15.9. The molecule has 1 heterocycles. The van der Waals surface area contributed by atoms with Gasteiger partial charge in [0, 0.05) is 19.6 Å². The summed E-state index contributed by atoms with van der Waals surface area (Å²) >= 11 is 0. The maximum Gasteiger partial charge on any atom is 0.224 e. The van der Waals surface area contributed by atoms with Gasteiger partial charge in [0.15, 0.2) is 0 Å². The lowest BCUT2D eigenvalue weighted by Gasteiger charge is -2.34. The first-order chi connectivity index (χ1) is 10.5. The van der Waals surface area contributed by atoms with Gasteiger partial charge in [-0.15, -0.1) is 0 Å². The fraction of sp³-hybridized carbons (Fsp3) is 0.632. The first-order valence-electron chi connectivity index (χ1n) is 8.58. The largest absolute Gasteiger partial charge is 0.356 e. The molecule has 0 aromatic heterocycles. The minimum absolute atomic E-state index is 0.134. The highest BCUT2D eigenvalue weighted by Gasteiger charge is 2.20. The molecule has 2 unspecified atom stereocenters. The van der Waals surface area contributed by atoms with Gasteiger partial charge in [0.2, 0.25) is 5.91 Å². The zero-order valence-corrected chi connectivity index (χ0v) is 14.3. The first kappa shape index (κ1) is 17.0. The Morgan fingerprint density at radius 3 is 2.59 bits per heavy atom. The average molecular weight is 302 g/mol. The minimum atomic E-state index is 0.134. The number of benzene rings is 1. The standard InChI is InChI=1S/C19H30N2O/c1-15-11-16(2)14-21(13-15)10-6-9-20-19(22)12-18-8-5-4-7-17(18)3/h4-5,7-8,15-16H,6,9-14H2,1-3H3,(H,20,22). The normalized spacial score (nSPS) is 22.5. The van der Waals surface area contributed by atoms with Crippen molar-refractivity contribution in [2.75, 3.05) is 26.2 Å². The van der Waals surface area contributed by atoms with Crippen LogP contribution in [0.5, 0.6) is 0 Å². The molecule has 1 aliphatic rings. The zero-order valence-electron chi connectivity index (χ0n) is 14.3. The molecule has 1 saturated heterocycles. The Morgan fingerprint density at radius 2 is 1.91 bits per heavy atom. The summed E-state index contributed by atoms with van der Waals surface area (Å²) in [6, 6.07) is 8.10. The number of aryl methyl sites for hydroxylation is 1. The number of amides is 1. The van der Waals surface area contributed by atoms with Gasteiger partial charge in [0.1, 0.15) is 0 Å². The Labute approximate surface area is 135 Å². The second-order valence-electron chi connectivity index (χ2n) is 7.01. The van der Waals surface area contributed by atoms with E-state index in [1.807, 2.05) is 18.2 Å². The molecule has 1 aromatic rings. The van der Waals surface area contributed by atoms with Crippen LogP contribution in [0.25, 0.3) is 0 Å². The van der Waals surface area contributed by atoms with Crippen LogP contribution in [0.4, 0.5) is 0 Å². The third kappa shape index (κ3) is 5.45. The molecule has 3 nitrogen and oxygen atoms in total. The molecular weight excluding hydrogens is 272 g/mol. The van der Waals surface area contributed by atoms with Crippen LogP contribution in [0.2, 0.25) is 0 Å². The number of hydrogen-bond acceptors (Lipinski definition) is 2. The number of rotatable bonds is 6. The van der Waals surface area contributed by atoms with Gasteiger partial charge in [-0.1, -0.05) is 38.1 Å². The molecular formula is C19H30N2O. The summed E-state index contributed by atoms with van der Waals surface area (Å²) in [5.41, 5.74) is 2.31. The molecule has 1 aliphatic heterocycles. The van der Waals surface area contributed by atoms with Gasteiger partial charge in [-0.2, -0.15) is 0 Å². The van der Waals surface area contributed by atoms with E-state index in [0.29, 0.717) is 6.42 Å². The quantitative estimate of drug-likeness (QED) is 0.819. The molecule has 0 radical (unpaired) electrons. The highest BCUT2D eigenvalue weighted by Crippen LogP contribution is 2.20. The maximum absolute atomic E-state index is 12.0. The fourth-order valence-corrected chi connectivity index (χ4v) is 3.55. The van der Waals surface area contributed by atoms with Crippen molar-refractivity contribution in [3.63, 3.8) is 0 Å². The average Bonchev–Trinajstić information content (AvgIpc) is 2.45. The maximum atomic E-state index is 12.0. The Hall–Kier alpha value is -1.35. The monoisotopic (exact) mass is 302 g/mol. The lowest BCUT2D eigenvalue weighted by molar-refractivity contribution is -0.120. The predicted octanol–water partition coefficient (Wildman–Crippen LogP) is 3.02. The second kappa shape index (κ2) is 8.33. The van der Waals surface area contributed by atoms with Crippen LogP contribution in [0.1, 0.15) is 37.8 Å². The van der Waals surface area contributed by atoms with Gasteiger partial charge in [-0.25, -0.2) is 0 Å². The van der Waals surface area contributed by atoms with Crippen LogP contribution in [-0.2, 0) is 11.2 Å². The predicted molar refractivity (Wildman–Crippen MR) is 91.9 cm³/mol. The first-order valence-corrected chi connectivity index (χ1v) is 8.58. The molecule has 2 rings (SSSR count). The van der Waals surface area contributed by atoms with Crippen molar-refractivity contribution >= 4 is 5.91 Å². The van der Waals surface area contributed by atoms with Crippen LogP contribution in [-0.4, -0.2) is 37.0 Å². The highest BCUT2D eigenvalue weighted by atomic mass is 16.1. The summed E-state index contributed by atoms with van der Waals surface area (Å²) < 4.78 is 0. The summed E-state index contributed by atoms with van der Waals surface area (Å²) in [6.45, 7) is 11.0. The molecule has 0 saturated carbocycles. The summed E-state index contributed by atoms with van der Waals surface area (Å²) in [5, 5.41) is 3.05. The smallest absolute Gasteiger partial charge is 0.224 e. The van der Waals surface area contributed by atoms with Crippen molar-refractivity contribution in [2.24, 2.45) is 11.8 Å². The fourth-order valence-electron chi connectivity index (χ4n) is 3.55.